The van der Waals surface area contributed by atoms with Crippen LogP contribution in [0.15, 0.2) is 53.1 Å². The van der Waals surface area contributed by atoms with Crippen LogP contribution in [0.25, 0.3) is 11.0 Å². The second-order valence-corrected chi connectivity index (χ2v) is 7.06. The number of nitrogens with zero attached hydrogens (tertiary/aromatic N) is 2. The van der Waals surface area contributed by atoms with Crippen molar-refractivity contribution in [2.45, 2.75) is 25.9 Å². The molecule has 3 heterocycles. The lowest BCUT2D eigenvalue weighted by atomic mass is 9.89. The fourth-order valence-corrected chi connectivity index (χ4v) is 3.67. The molecule has 0 spiro atoms. The molecule has 1 aromatic carbocycles. The van der Waals surface area contributed by atoms with Crippen LogP contribution in [-0.4, -0.2) is 34.1 Å². The Kier molecular flexibility index (Phi) is 4.81. The van der Waals surface area contributed by atoms with E-state index < -0.39 is 6.10 Å². The molecule has 2 aromatic heterocycles. The molecule has 1 aliphatic rings. The predicted molar refractivity (Wildman–Crippen MR) is 103 cm³/mol. The Morgan fingerprint density at radius 1 is 1.26 bits per heavy atom. The zero-order valence-electron chi connectivity index (χ0n) is 15.3. The SMILES string of the molecule is Cc1cc2cc(NC(=O)N3CCC([C@@H](O)c4ccccn4)CC3)ccc2o1. The van der Waals surface area contributed by atoms with Crippen molar-refractivity contribution < 1.29 is 14.3 Å². The Morgan fingerprint density at radius 2 is 2.07 bits per heavy atom. The number of pyridine rings is 1. The number of anilines is 1. The van der Waals surface area contributed by atoms with Gasteiger partial charge < -0.3 is 19.7 Å². The highest BCUT2D eigenvalue weighted by molar-refractivity contribution is 5.92. The summed E-state index contributed by atoms with van der Waals surface area (Å²) < 4.78 is 5.56. The number of carbonyl (C=O) groups excluding carboxylic acids is 1. The van der Waals surface area contributed by atoms with Gasteiger partial charge in [-0.3, -0.25) is 4.98 Å². The topological polar surface area (TPSA) is 78.6 Å². The van der Waals surface area contributed by atoms with Crippen molar-refractivity contribution in [2.75, 3.05) is 18.4 Å². The first-order valence-corrected chi connectivity index (χ1v) is 9.25. The van der Waals surface area contributed by atoms with Gasteiger partial charge in [-0.05, 0) is 62.1 Å². The zero-order chi connectivity index (χ0) is 18.8. The summed E-state index contributed by atoms with van der Waals surface area (Å²) in [5, 5.41) is 14.5. The second kappa shape index (κ2) is 7.40. The molecule has 0 aliphatic carbocycles. The van der Waals surface area contributed by atoms with Gasteiger partial charge in [-0.15, -0.1) is 0 Å². The average molecular weight is 365 g/mol. The lowest BCUT2D eigenvalue weighted by Gasteiger charge is -2.34. The first-order chi connectivity index (χ1) is 13.1. The summed E-state index contributed by atoms with van der Waals surface area (Å²) in [7, 11) is 0. The van der Waals surface area contributed by atoms with E-state index in [2.05, 4.69) is 10.3 Å². The van der Waals surface area contributed by atoms with Gasteiger partial charge in [0.1, 0.15) is 11.3 Å². The van der Waals surface area contributed by atoms with E-state index >= 15 is 0 Å². The van der Waals surface area contributed by atoms with E-state index in [-0.39, 0.29) is 11.9 Å². The third-order valence-corrected chi connectivity index (χ3v) is 5.15. The van der Waals surface area contributed by atoms with Crippen molar-refractivity contribution in [3.05, 3.63) is 60.1 Å². The van der Waals surface area contributed by atoms with E-state index in [0.717, 1.165) is 35.3 Å². The number of carbonyl (C=O) groups is 1. The molecule has 0 saturated carbocycles. The molecule has 0 unspecified atom stereocenters. The summed E-state index contributed by atoms with van der Waals surface area (Å²) >= 11 is 0. The molecule has 0 radical (unpaired) electrons. The van der Waals surface area contributed by atoms with E-state index in [1.807, 2.05) is 49.4 Å². The van der Waals surface area contributed by atoms with Crippen LogP contribution in [0.3, 0.4) is 0 Å². The third-order valence-electron chi connectivity index (χ3n) is 5.15. The molecule has 2 N–H and O–H groups in total. The molecule has 27 heavy (non-hydrogen) atoms. The second-order valence-electron chi connectivity index (χ2n) is 7.06. The van der Waals surface area contributed by atoms with E-state index in [1.54, 1.807) is 11.1 Å². The van der Waals surface area contributed by atoms with Crippen LogP contribution in [0.1, 0.15) is 30.4 Å². The van der Waals surface area contributed by atoms with Crippen molar-refractivity contribution in [3.8, 4) is 0 Å². The molecule has 1 aliphatic heterocycles. The van der Waals surface area contributed by atoms with E-state index in [1.165, 1.54) is 0 Å². The number of likely N-dealkylation sites (tertiary alicyclic amines) is 1. The minimum atomic E-state index is -0.580. The highest BCUT2D eigenvalue weighted by Gasteiger charge is 2.28. The summed E-state index contributed by atoms with van der Waals surface area (Å²) in [5.74, 6) is 0.969. The first-order valence-electron chi connectivity index (χ1n) is 9.25. The molecule has 1 saturated heterocycles. The smallest absolute Gasteiger partial charge is 0.321 e. The monoisotopic (exact) mass is 365 g/mol. The van der Waals surface area contributed by atoms with Gasteiger partial charge in [0.05, 0.1) is 11.8 Å². The van der Waals surface area contributed by atoms with E-state index in [9.17, 15) is 9.90 Å². The van der Waals surface area contributed by atoms with Crippen LogP contribution < -0.4 is 5.32 Å². The minimum Gasteiger partial charge on any atom is -0.461 e. The van der Waals surface area contributed by atoms with Gasteiger partial charge in [-0.2, -0.15) is 0 Å². The fourth-order valence-electron chi connectivity index (χ4n) is 3.67. The lowest BCUT2D eigenvalue weighted by Crippen LogP contribution is -2.42. The standard InChI is InChI=1S/C21H23N3O3/c1-14-12-16-13-17(5-6-19(16)27-14)23-21(26)24-10-7-15(8-11-24)20(25)18-4-2-3-9-22-18/h2-6,9,12-13,15,20,25H,7-8,10-11H2,1H3,(H,23,26)/t20-/m1/s1. The Morgan fingerprint density at radius 3 is 2.81 bits per heavy atom. The number of piperidine rings is 1. The van der Waals surface area contributed by atoms with Crippen LogP contribution in [0.5, 0.6) is 0 Å². The number of aliphatic hydroxyl groups is 1. The Balaban J connectivity index is 1.35. The molecule has 4 rings (SSSR count). The summed E-state index contributed by atoms with van der Waals surface area (Å²) in [6.07, 6.45) is 2.62. The molecular formula is C21H23N3O3. The number of urea groups is 1. The van der Waals surface area contributed by atoms with Gasteiger partial charge in [0.2, 0.25) is 0 Å². The number of fused-ring (bicyclic) bond motifs is 1. The summed E-state index contributed by atoms with van der Waals surface area (Å²) in [5.41, 5.74) is 2.27. The van der Waals surface area contributed by atoms with Gasteiger partial charge in [-0.25, -0.2) is 4.79 Å². The van der Waals surface area contributed by atoms with Gasteiger partial charge in [0.25, 0.3) is 0 Å². The van der Waals surface area contributed by atoms with Crippen LogP contribution in [-0.2, 0) is 0 Å². The number of aromatic nitrogens is 1. The maximum atomic E-state index is 12.6. The zero-order valence-corrected chi connectivity index (χ0v) is 15.3. The van der Waals surface area contributed by atoms with Crippen LogP contribution in [0.4, 0.5) is 10.5 Å². The summed E-state index contributed by atoms with van der Waals surface area (Å²) in [6.45, 7) is 3.14. The van der Waals surface area contributed by atoms with Crippen LogP contribution in [0.2, 0.25) is 0 Å². The molecule has 140 valence electrons. The number of aliphatic hydroxyl groups excluding tert-OH is 1. The Hall–Kier alpha value is -2.86. The quantitative estimate of drug-likeness (QED) is 0.732. The predicted octanol–water partition coefficient (Wildman–Crippen LogP) is 4.11. The van der Waals surface area contributed by atoms with Gasteiger partial charge in [-0.1, -0.05) is 6.07 Å². The van der Waals surface area contributed by atoms with E-state index in [4.69, 9.17) is 4.42 Å². The number of furan rings is 1. The van der Waals surface area contributed by atoms with Crippen LogP contribution in [0, 0.1) is 12.8 Å². The number of aryl methyl sites for hydroxylation is 1. The van der Waals surface area contributed by atoms with Gasteiger partial charge in [0, 0.05) is 30.4 Å². The third kappa shape index (κ3) is 3.80. The maximum Gasteiger partial charge on any atom is 0.321 e. The molecule has 6 heteroatoms. The normalized spacial score (nSPS) is 16.4. The number of hydrogen-bond donors (Lipinski definition) is 2. The number of hydrogen-bond acceptors (Lipinski definition) is 4. The Labute approximate surface area is 157 Å². The highest BCUT2D eigenvalue weighted by atomic mass is 16.3. The highest BCUT2D eigenvalue weighted by Crippen LogP contribution is 2.30. The fraction of sp³-hybridized carbons (Fsp3) is 0.333. The van der Waals surface area contributed by atoms with Crippen molar-refractivity contribution in [1.82, 2.24) is 9.88 Å². The first kappa shape index (κ1) is 17.5. The number of rotatable bonds is 3. The van der Waals surface area contributed by atoms with Crippen molar-refractivity contribution in [1.29, 1.82) is 0 Å². The van der Waals surface area contributed by atoms with Crippen molar-refractivity contribution in [2.24, 2.45) is 5.92 Å². The van der Waals surface area contributed by atoms with Crippen molar-refractivity contribution in [3.63, 3.8) is 0 Å². The number of nitrogens with one attached hydrogen (secondary N) is 1. The van der Waals surface area contributed by atoms with Gasteiger partial charge in [0.15, 0.2) is 0 Å². The lowest BCUT2D eigenvalue weighted by molar-refractivity contribution is 0.0652. The average Bonchev–Trinajstić information content (AvgIpc) is 3.07. The molecule has 6 nitrogen and oxygen atoms in total. The molecule has 1 fully saturated rings. The largest absolute Gasteiger partial charge is 0.461 e. The molecule has 1 atom stereocenters. The van der Waals surface area contributed by atoms with Gasteiger partial charge >= 0.3 is 6.03 Å². The molecule has 2 amide bonds. The minimum absolute atomic E-state index is 0.111. The van der Waals surface area contributed by atoms with E-state index in [0.29, 0.717) is 18.8 Å². The van der Waals surface area contributed by atoms with Crippen molar-refractivity contribution >= 4 is 22.7 Å². The Bertz CT molecular complexity index is 930. The summed E-state index contributed by atoms with van der Waals surface area (Å²) in [6, 6.07) is 13.0. The number of amides is 2. The molecule has 3 aromatic rings. The molecule has 0 bridgehead atoms. The number of benzene rings is 1. The summed E-state index contributed by atoms with van der Waals surface area (Å²) in [4.78, 5) is 18.6. The van der Waals surface area contributed by atoms with Crippen LogP contribution >= 0.6 is 0 Å². The molecular weight excluding hydrogens is 342 g/mol. The maximum absolute atomic E-state index is 12.6.